The quantitative estimate of drug-likeness (QED) is 0.710. The third kappa shape index (κ3) is 3.83. The molecule has 1 heterocycles. The Kier molecular flexibility index (Phi) is 5.17. The van der Waals surface area contributed by atoms with E-state index >= 15 is 0 Å². The second kappa shape index (κ2) is 7.69. The van der Waals surface area contributed by atoms with Gasteiger partial charge in [-0.25, -0.2) is 4.98 Å². The number of nitrogens with zero attached hydrogens (tertiary/aromatic N) is 1. The molecular weight excluding hydrogens is 334 g/mol. The molecule has 7 heteroatoms. The number of hydrogen-bond acceptors (Lipinski definition) is 5. The van der Waals surface area contributed by atoms with Gasteiger partial charge in [-0.05, 0) is 24.3 Å². The van der Waals surface area contributed by atoms with Crippen LogP contribution >= 0.6 is 0 Å². The number of nitrogens with one attached hydrogen (secondary N) is 2. The highest BCUT2D eigenvalue weighted by Gasteiger charge is 2.10. The minimum absolute atomic E-state index is 0.177. The summed E-state index contributed by atoms with van der Waals surface area (Å²) in [6.45, 7) is 0. The van der Waals surface area contributed by atoms with E-state index in [0.717, 1.165) is 0 Å². The largest absolute Gasteiger partial charge is 0.497 e. The molecule has 0 spiro atoms. The van der Waals surface area contributed by atoms with Gasteiger partial charge in [0.1, 0.15) is 17.3 Å². The first kappa shape index (κ1) is 17.5. The number of carbonyl (C=O) groups is 1. The minimum atomic E-state index is -0.206. The number of aryl methyl sites for hydroxylation is 1. The monoisotopic (exact) mass is 353 g/mol. The first-order valence-electron chi connectivity index (χ1n) is 8.10. The molecule has 0 saturated heterocycles. The summed E-state index contributed by atoms with van der Waals surface area (Å²) in [7, 11) is 3.08. The van der Waals surface area contributed by atoms with E-state index in [1.165, 1.54) is 7.11 Å². The molecule has 3 aromatic rings. The Bertz CT molecular complexity index is 997. The maximum absolute atomic E-state index is 12.2. The lowest BCUT2D eigenvalue weighted by Gasteiger charge is -2.11. The van der Waals surface area contributed by atoms with Gasteiger partial charge in [-0.15, -0.1) is 0 Å². The van der Waals surface area contributed by atoms with Crippen LogP contribution in [0.3, 0.4) is 0 Å². The summed E-state index contributed by atoms with van der Waals surface area (Å²) in [5.74, 6) is 1.42. The van der Waals surface area contributed by atoms with Crippen LogP contribution in [0.25, 0.3) is 10.9 Å². The van der Waals surface area contributed by atoms with Crippen molar-refractivity contribution in [2.45, 2.75) is 12.8 Å². The maximum atomic E-state index is 12.2. The lowest BCUT2D eigenvalue weighted by molar-refractivity contribution is -0.116. The summed E-state index contributed by atoms with van der Waals surface area (Å²) in [5.41, 5.74) is 0.963. The molecule has 0 aliphatic rings. The van der Waals surface area contributed by atoms with E-state index < -0.39 is 0 Å². The maximum Gasteiger partial charge on any atom is 0.258 e. The second-order valence-electron chi connectivity index (χ2n) is 5.64. The zero-order valence-electron chi connectivity index (χ0n) is 14.5. The Labute approximate surface area is 150 Å². The van der Waals surface area contributed by atoms with E-state index in [2.05, 4.69) is 15.3 Å². The number of H-pyrrole nitrogens is 1. The van der Waals surface area contributed by atoms with Crippen molar-refractivity contribution < 1.29 is 14.3 Å². The highest BCUT2D eigenvalue weighted by molar-refractivity contribution is 5.92. The molecule has 0 aliphatic heterocycles. The smallest absolute Gasteiger partial charge is 0.258 e. The molecule has 1 amide bonds. The summed E-state index contributed by atoms with van der Waals surface area (Å²) < 4.78 is 10.4. The predicted molar refractivity (Wildman–Crippen MR) is 98.9 cm³/mol. The zero-order valence-corrected chi connectivity index (χ0v) is 14.5. The van der Waals surface area contributed by atoms with Gasteiger partial charge in [0, 0.05) is 18.9 Å². The van der Waals surface area contributed by atoms with Crippen LogP contribution in [0.15, 0.2) is 47.3 Å². The third-order valence-electron chi connectivity index (χ3n) is 3.93. The second-order valence-corrected chi connectivity index (χ2v) is 5.64. The Morgan fingerprint density at radius 2 is 1.96 bits per heavy atom. The first-order valence-corrected chi connectivity index (χ1v) is 8.10. The molecule has 0 fully saturated rings. The molecule has 134 valence electrons. The molecule has 1 aromatic heterocycles. The van der Waals surface area contributed by atoms with Gasteiger partial charge in [0.25, 0.3) is 5.56 Å². The Balaban J connectivity index is 1.69. The van der Waals surface area contributed by atoms with Gasteiger partial charge in [-0.1, -0.05) is 12.1 Å². The highest BCUT2D eigenvalue weighted by atomic mass is 16.5. The molecule has 2 N–H and O–H groups in total. The normalized spacial score (nSPS) is 10.5. The fourth-order valence-corrected chi connectivity index (χ4v) is 2.60. The predicted octanol–water partition coefficient (Wildman–Crippen LogP) is 2.51. The van der Waals surface area contributed by atoms with E-state index in [1.54, 1.807) is 43.5 Å². The van der Waals surface area contributed by atoms with E-state index in [-0.39, 0.29) is 17.9 Å². The lowest BCUT2D eigenvalue weighted by atomic mass is 10.2. The van der Waals surface area contributed by atoms with Crippen molar-refractivity contribution in [1.29, 1.82) is 0 Å². The van der Waals surface area contributed by atoms with Gasteiger partial charge in [-0.2, -0.15) is 0 Å². The van der Waals surface area contributed by atoms with Gasteiger partial charge < -0.3 is 19.8 Å². The van der Waals surface area contributed by atoms with Gasteiger partial charge in [0.2, 0.25) is 5.91 Å². The van der Waals surface area contributed by atoms with Crippen LogP contribution < -0.4 is 20.3 Å². The zero-order chi connectivity index (χ0) is 18.5. The highest BCUT2D eigenvalue weighted by Crippen LogP contribution is 2.29. The summed E-state index contributed by atoms with van der Waals surface area (Å²) in [6, 6.07) is 12.2. The van der Waals surface area contributed by atoms with Crippen LogP contribution in [0, 0.1) is 0 Å². The average molecular weight is 353 g/mol. The molecule has 0 aliphatic carbocycles. The van der Waals surface area contributed by atoms with Gasteiger partial charge in [0.15, 0.2) is 0 Å². The fourth-order valence-electron chi connectivity index (χ4n) is 2.60. The minimum Gasteiger partial charge on any atom is -0.497 e. The molecule has 0 unspecified atom stereocenters. The number of hydrogen-bond donors (Lipinski definition) is 2. The molecule has 2 aromatic carbocycles. The molecule has 3 rings (SSSR count). The SMILES string of the molecule is COc1ccc(NC(=O)CCc2nc3ccccc3c(=O)[nH]2)c(OC)c1. The Morgan fingerprint density at radius 3 is 2.73 bits per heavy atom. The Morgan fingerprint density at radius 1 is 1.15 bits per heavy atom. The van der Waals surface area contributed by atoms with Crippen LogP contribution in [-0.2, 0) is 11.2 Å². The number of rotatable bonds is 6. The molecule has 0 saturated carbocycles. The summed E-state index contributed by atoms with van der Waals surface area (Å²) in [5, 5.41) is 3.33. The van der Waals surface area contributed by atoms with Crippen LogP contribution in [0.1, 0.15) is 12.2 Å². The topological polar surface area (TPSA) is 93.3 Å². The van der Waals surface area contributed by atoms with Crippen LogP contribution in [0.2, 0.25) is 0 Å². The van der Waals surface area contributed by atoms with Crippen molar-refractivity contribution in [3.05, 3.63) is 58.6 Å². The number of methoxy groups -OCH3 is 2. The average Bonchev–Trinajstić information content (AvgIpc) is 2.66. The van der Waals surface area contributed by atoms with Crippen LogP contribution in [-0.4, -0.2) is 30.1 Å². The molecular formula is C19H19N3O4. The van der Waals surface area contributed by atoms with E-state index in [4.69, 9.17) is 9.47 Å². The summed E-state index contributed by atoms with van der Waals surface area (Å²) in [4.78, 5) is 31.4. The van der Waals surface area contributed by atoms with E-state index in [1.807, 2.05) is 6.07 Å². The van der Waals surface area contributed by atoms with Crippen molar-refractivity contribution >= 4 is 22.5 Å². The lowest BCUT2D eigenvalue weighted by Crippen LogP contribution is -2.16. The number of anilines is 1. The Hall–Kier alpha value is -3.35. The number of carbonyl (C=O) groups excluding carboxylic acids is 1. The third-order valence-corrected chi connectivity index (χ3v) is 3.93. The number of amides is 1. The van der Waals surface area contributed by atoms with Crippen LogP contribution in [0.4, 0.5) is 5.69 Å². The van der Waals surface area contributed by atoms with Gasteiger partial charge in [-0.3, -0.25) is 9.59 Å². The first-order chi connectivity index (χ1) is 12.6. The number of aromatic amines is 1. The molecule has 0 bridgehead atoms. The fraction of sp³-hybridized carbons (Fsp3) is 0.211. The van der Waals surface area contributed by atoms with Crippen molar-refractivity contribution in [2.75, 3.05) is 19.5 Å². The molecule has 0 radical (unpaired) electrons. The number of aromatic nitrogens is 2. The van der Waals surface area contributed by atoms with E-state index in [0.29, 0.717) is 40.3 Å². The number of benzene rings is 2. The number of para-hydroxylation sites is 1. The number of ether oxygens (including phenoxy) is 2. The van der Waals surface area contributed by atoms with Gasteiger partial charge >= 0.3 is 0 Å². The summed E-state index contributed by atoms with van der Waals surface area (Å²) in [6.07, 6.45) is 0.501. The standard InChI is InChI=1S/C19H19N3O4/c1-25-12-7-8-15(16(11-12)26-2)21-18(23)10-9-17-20-14-6-4-3-5-13(14)19(24)22-17/h3-8,11H,9-10H2,1-2H3,(H,21,23)(H,20,22,24). The molecule has 7 nitrogen and oxygen atoms in total. The molecule has 0 atom stereocenters. The van der Waals surface area contributed by atoms with E-state index in [9.17, 15) is 9.59 Å². The van der Waals surface area contributed by atoms with Crippen molar-refractivity contribution in [2.24, 2.45) is 0 Å². The van der Waals surface area contributed by atoms with Crippen molar-refractivity contribution in [3.8, 4) is 11.5 Å². The summed E-state index contributed by atoms with van der Waals surface area (Å²) >= 11 is 0. The van der Waals surface area contributed by atoms with Crippen molar-refractivity contribution in [3.63, 3.8) is 0 Å². The van der Waals surface area contributed by atoms with Gasteiger partial charge in [0.05, 0.1) is 30.8 Å². The molecule has 26 heavy (non-hydrogen) atoms. The van der Waals surface area contributed by atoms with Crippen molar-refractivity contribution in [1.82, 2.24) is 9.97 Å². The van der Waals surface area contributed by atoms with Crippen LogP contribution in [0.5, 0.6) is 11.5 Å². The number of fused-ring (bicyclic) bond motifs is 1.